The van der Waals surface area contributed by atoms with Gasteiger partial charge in [-0.25, -0.2) is 0 Å². The Morgan fingerprint density at radius 3 is 3.12 bits per heavy atom. The predicted octanol–water partition coefficient (Wildman–Crippen LogP) is 1.74. The van der Waals surface area contributed by atoms with E-state index in [0.717, 1.165) is 24.8 Å². The summed E-state index contributed by atoms with van der Waals surface area (Å²) in [4.78, 5) is 2.52. The van der Waals surface area contributed by atoms with Crippen LogP contribution < -0.4 is 10.1 Å². The third-order valence-electron chi connectivity index (χ3n) is 3.40. The molecule has 0 spiro atoms. The van der Waals surface area contributed by atoms with Crippen molar-refractivity contribution < 1.29 is 4.74 Å². The minimum atomic E-state index is 0.811. The molecule has 1 aliphatic heterocycles. The van der Waals surface area contributed by atoms with E-state index in [-0.39, 0.29) is 0 Å². The third kappa shape index (κ3) is 3.45. The average Bonchev–Trinajstić information content (AvgIpc) is 2.77. The second kappa shape index (κ2) is 6.03. The maximum Gasteiger partial charge on any atom is 0.119 e. The van der Waals surface area contributed by atoms with E-state index in [1.54, 1.807) is 7.11 Å². The van der Waals surface area contributed by atoms with Crippen molar-refractivity contribution in [2.24, 2.45) is 5.92 Å². The van der Waals surface area contributed by atoms with Gasteiger partial charge in [0.15, 0.2) is 0 Å². The summed E-state index contributed by atoms with van der Waals surface area (Å²) in [5.74, 6) is 1.76. The Balaban J connectivity index is 1.88. The van der Waals surface area contributed by atoms with Gasteiger partial charge < -0.3 is 10.1 Å². The molecule has 17 heavy (non-hydrogen) atoms. The normalized spacial score (nSPS) is 20.7. The molecule has 0 aromatic heterocycles. The van der Waals surface area contributed by atoms with Crippen LogP contribution in [0, 0.1) is 5.92 Å². The lowest BCUT2D eigenvalue weighted by Crippen LogP contribution is -2.24. The van der Waals surface area contributed by atoms with Crippen LogP contribution in [-0.4, -0.2) is 38.7 Å². The van der Waals surface area contributed by atoms with Crippen LogP contribution in [0.15, 0.2) is 24.3 Å². The maximum absolute atomic E-state index is 5.25. The lowest BCUT2D eigenvalue weighted by Gasteiger charge is -2.16. The van der Waals surface area contributed by atoms with E-state index < -0.39 is 0 Å². The number of nitrogens with one attached hydrogen (secondary N) is 1. The summed E-state index contributed by atoms with van der Waals surface area (Å²) >= 11 is 0. The zero-order valence-corrected chi connectivity index (χ0v) is 10.8. The Morgan fingerprint density at radius 2 is 2.35 bits per heavy atom. The molecular formula is C14H22N2O. The van der Waals surface area contributed by atoms with Gasteiger partial charge in [-0.1, -0.05) is 12.1 Å². The van der Waals surface area contributed by atoms with Gasteiger partial charge in [0.05, 0.1) is 7.11 Å². The van der Waals surface area contributed by atoms with E-state index in [0.29, 0.717) is 0 Å². The number of methoxy groups -OCH3 is 1. The number of benzene rings is 1. The van der Waals surface area contributed by atoms with Crippen molar-refractivity contribution in [2.75, 3.05) is 33.8 Å². The molecule has 0 amide bonds. The van der Waals surface area contributed by atoms with Crippen molar-refractivity contribution in [3.63, 3.8) is 0 Å². The minimum absolute atomic E-state index is 0.811. The molecule has 1 aromatic rings. The fourth-order valence-corrected chi connectivity index (χ4v) is 2.54. The molecule has 0 aliphatic carbocycles. The van der Waals surface area contributed by atoms with Crippen molar-refractivity contribution in [1.29, 1.82) is 0 Å². The summed E-state index contributed by atoms with van der Waals surface area (Å²) in [6, 6.07) is 8.37. The first-order valence-corrected chi connectivity index (χ1v) is 6.31. The summed E-state index contributed by atoms with van der Waals surface area (Å²) in [5, 5.41) is 3.27. The monoisotopic (exact) mass is 234 g/mol. The van der Waals surface area contributed by atoms with Crippen LogP contribution in [0.1, 0.15) is 12.0 Å². The molecular weight excluding hydrogens is 212 g/mol. The van der Waals surface area contributed by atoms with Crippen LogP contribution in [-0.2, 0) is 6.54 Å². The Morgan fingerprint density at radius 1 is 1.47 bits per heavy atom. The quantitative estimate of drug-likeness (QED) is 0.840. The molecule has 1 heterocycles. The molecule has 1 aromatic carbocycles. The largest absolute Gasteiger partial charge is 0.497 e. The number of rotatable bonds is 5. The van der Waals surface area contributed by atoms with Gasteiger partial charge in [0.1, 0.15) is 5.75 Å². The fourth-order valence-electron chi connectivity index (χ4n) is 2.54. The summed E-state index contributed by atoms with van der Waals surface area (Å²) in [6.07, 6.45) is 1.31. The van der Waals surface area contributed by atoms with Gasteiger partial charge in [0, 0.05) is 13.1 Å². The number of likely N-dealkylation sites (tertiary alicyclic amines) is 1. The summed E-state index contributed by atoms with van der Waals surface area (Å²) in [7, 11) is 3.75. The second-order valence-electron chi connectivity index (χ2n) is 4.80. The Hall–Kier alpha value is -1.06. The lowest BCUT2D eigenvalue weighted by molar-refractivity contribution is 0.314. The molecule has 3 heteroatoms. The van der Waals surface area contributed by atoms with Gasteiger partial charge in [-0.3, -0.25) is 4.90 Å². The van der Waals surface area contributed by atoms with Crippen LogP contribution in [0.25, 0.3) is 0 Å². The highest BCUT2D eigenvalue weighted by atomic mass is 16.5. The molecule has 1 unspecified atom stereocenters. The Kier molecular flexibility index (Phi) is 4.40. The first-order chi connectivity index (χ1) is 8.31. The SMILES string of the molecule is CNCC1CCN(Cc2cccc(OC)c2)C1. The smallest absolute Gasteiger partial charge is 0.119 e. The minimum Gasteiger partial charge on any atom is -0.497 e. The van der Waals surface area contributed by atoms with Crippen LogP contribution in [0.3, 0.4) is 0 Å². The summed E-state index contributed by atoms with van der Waals surface area (Å²) in [6.45, 7) is 4.59. The Bertz CT molecular complexity index is 354. The van der Waals surface area contributed by atoms with Crippen molar-refractivity contribution in [2.45, 2.75) is 13.0 Å². The number of hydrogen-bond donors (Lipinski definition) is 1. The highest BCUT2D eigenvalue weighted by Gasteiger charge is 2.21. The molecule has 1 atom stereocenters. The fraction of sp³-hybridized carbons (Fsp3) is 0.571. The maximum atomic E-state index is 5.25. The van der Waals surface area contributed by atoms with Crippen LogP contribution in [0.4, 0.5) is 0 Å². The molecule has 1 saturated heterocycles. The van der Waals surface area contributed by atoms with Crippen LogP contribution in [0.2, 0.25) is 0 Å². The van der Waals surface area contributed by atoms with E-state index in [1.807, 2.05) is 13.1 Å². The topological polar surface area (TPSA) is 24.5 Å². The van der Waals surface area contributed by atoms with E-state index in [2.05, 4.69) is 28.4 Å². The predicted molar refractivity (Wildman–Crippen MR) is 70.3 cm³/mol. The molecule has 1 aliphatic rings. The molecule has 3 nitrogen and oxygen atoms in total. The van der Waals surface area contributed by atoms with Gasteiger partial charge in [0.2, 0.25) is 0 Å². The molecule has 0 radical (unpaired) electrons. The van der Waals surface area contributed by atoms with Crippen molar-refractivity contribution >= 4 is 0 Å². The van der Waals surface area contributed by atoms with Gasteiger partial charge in [0.25, 0.3) is 0 Å². The van der Waals surface area contributed by atoms with Crippen molar-refractivity contribution in [3.8, 4) is 5.75 Å². The molecule has 94 valence electrons. The summed E-state index contributed by atoms with van der Waals surface area (Å²) < 4.78 is 5.25. The first kappa shape index (κ1) is 12.4. The molecule has 1 fully saturated rings. The van der Waals surface area contributed by atoms with Crippen molar-refractivity contribution in [1.82, 2.24) is 10.2 Å². The lowest BCUT2D eigenvalue weighted by atomic mass is 10.1. The number of nitrogens with zero attached hydrogens (tertiary/aromatic N) is 1. The molecule has 0 bridgehead atoms. The highest BCUT2D eigenvalue weighted by Crippen LogP contribution is 2.20. The molecule has 2 rings (SSSR count). The number of hydrogen-bond acceptors (Lipinski definition) is 3. The zero-order chi connectivity index (χ0) is 12.1. The van der Waals surface area contributed by atoms with Crippen LogP contribution in [0.5, 0.6) is 5.75 Å². The molecule has 0 saturated carbocycles. The van der Waals surface area contributed by atoms with E-state index in [9.17, 15) is 0 Å². The van der Waals surface area contributed by atoms with Gasteiger partial charge in [-0.05, 0) is 50.2 Å². The van der Waals surface area contributed by atoms with Gasteiger partial charge >= 0.3 is 0 Å². The van der Waals surface area contributed by atoms with E-state index >= 15 is 0 Å². The molecule has 1 N–H and O–H groups in total. The second-order valence-corrected chi connectivity index (χ2v) is 4.80. The van der Waals surface area contributed by atoms with E-state index in [1.165, 1.54) is 25.1 Å². The first-order valence-electron chi connectivity index (χ1n) is 6.31. The van der Waals surface area contributed by atoms with Crippen LogP contribution >= 0.6 is 0 Å². The Labute approximate surface area is 104 Å². The standard InChI is InChI=1S/C14H22N2O/c1-15-9-13-6-7-16(11-13)10-12-4-3-5-14(8-12)17-2/h3-5,8,13,15H,6-7,9-11H2,1-2H3. The van der Waals surface area contributed by atoms with Gasteiger partial charge in [-0.15, -0.1) is 0 Å². The average molecular weight is 234 g/mol. The highest BCUT2D eigenvalue weighted by molar-refractivity contribution is 5.28. The summed E-state index contributed by atoms with van der Waals surface area (Å²) in [5.41, 5.74) is 1.34. The zero-order valence-electron chi connectivity index (χ0n) is 10.8. The third-order valence-corrected chi connectivity index (χ3v) is 3.40. The van der Waals surface area contributed by atoms with Gasteiger partial charge in [-0.2, -0.15) is 0 Å². The van der Waals surface area contributed by atoms with E-state index in [4.69, 9.17) is 4.74 Å². The number of ether oxygens (including phenoxy) is 1. The van der Waals surface area contributed by atoms with Crippen molar-refractivity contribution in [3.05, 3.63) is 29.8 Å².